The number of allylic oxidation sites excluding steroid dienone is 2. The second kappa shape index (κ2) is 19.2. The largest absolute Gasteiger partial charge is 0.394 e. The number of hydrogen-bond acceptors (Lipinski definition) is 5. The second-order valence-electron chi connectivity index (χ2n) is 8.74. The Kier molecular flexibility index (Phi) is 17.7. The monoisotopic (exact) mass is 428 g/mol. The molecule has 0 radical (unpaired) electrons. The quantitative estimate of drug-likeness (QED) is 0.201. The number of ether oxygens (including phenoxy) is 2. The summed E-state index contributed by atoms with van der Waals surface area (Å²) in [5, 5.41) is 29.1. The van der Waals surface area contributed by atoms with Gasteiger partial charge in [0, 0.05) is 6.61 Å². The molecule has 4 atom stereocenters. The van der Waals surface area contributed by atoms with Crippen LogP contribution < -0.4 is 0 Å². The highest BCUT2D eigenvalue weighted by atomic mass is 16.6. The summed E-state index contributed by atoms with van der Waals surface area (Å²) in [4.78, 5) is 0. The zero-order valence-corrected chi connectivity index (χ0v) is 19.4. The molecule has 178 valence electrons. The Bertz CT molecular complexity index is 401. The van der Waals surface area contributed by atoms with E-state index in [4.69, 9.17) is 14.6 Å². The van der Waals surface area contributed by atoms with Crippen molar-refractivity contribution in [3.63, 3.8) is 0 Å². The average Bonchev–Trinajstić information content (AvgIpc) is 2.75. The molecule has 1 rings (SSSR count). The smallest absolute Gasteiger partial charge is 0.114 e. The van der Waals surface area contributed by atoms with Gasteiger partial charge in [-0.2, -0.15) is 0 Å². The predicted molar refractivity (Wildman–Crippen MR) is 123 cm³/mol. The van der Waals surface area contributed by atoms with E-state index >= 15 is 0 Å². The van der Waals surface area contributed by atoms with Crippen molar-refractivity contribution in [3.05, 3.63) is 12.2 Å². The van der Waals surface area contributed by atoms with Crippen LogP contribution in [-0.4, -0.2) is 59.6 Å². The van der Waals surface area contributed by atoms with Crippen LogP contribution >= 0.6 is 0 Å². The first-order chi connectivity index (χ1) is 14.7. The number of rotatable bonds is 19. The van der Waals surface area contributed by atoms with E-state index in [9.17, 15) is 10.2 Å². The van der Waals surface area contributed by atoms with Gasteiger partial charge in [0.2, 0.25) is 0 Å². The molecular formula is C25H48O5. The summed E-state index contributed by atoms with van der Waals surface area (Å²) >= 11 is 0. The topological polar surface area (TPSA) is 79.2 Å². The van der Waals surface area contributed by atoms with Crippen molar-refractivity contribution in [2.75, 3.05) is 19.8 Å². The highest BCUT2D eigenvalue weighted by Crippen LogP contribution is 2.19. The molecular weight excluding hydrogens is 380 g/mol. The highest BCUT2D eigenvalue weighted by Gasteiger charge is 2.38. The van der Waals surface area contributed by atoms with Crippen LogP contribution in [0.3, 0.4) is 0 Å². The van der Waals surface area contributed by atoms with Crippen molar-refractivity contribution in [2.45, 2.75) is 128 Å². The first-order valence-electron chi connectivity index (χ1n) is 12.6. The Labute approximate surface area is 184 Å². The van der Waals surface area contributed by atoms with Crippen LogP contribution in [0.25, 0.3) is 0 Å². The third-order valence-electron chi connectivity index (χ3n) is 5.96. The Morgan fingerprint density at radius 3 is 1.90 bits per heavy atom. The molecule has 0 aliphatic carbocycles. The number of aliphatic hydroxyl groups excluding tert-OH is 3. The van der Waals surface area contributed by atoms with E-state index in [2.05, 4.69) is 19.1 Å². The molecule has 1 aliphatic heterocycles. The Balaban J connectivity index is 1.82. The molecule has 0 spiro atoms. The first-order valence-corrected chi connectivity index (χ1v) is 12.6. The van der Waals surface area contributed by atoms with Crippen LogP contribution in [-0.2, 0) is 9.47 Å². The lowest BCUT2D eigenvalue weighted by Gasteiger charge is -2.37. The second-order valence-corrected chi connectivity index (χ2v) is 8.74. The van der Waals surface area contributed by atoms with Gasteiger partial charge >= 0.3 is 0 Å². The minimum absolute atomic E-state index is 0.101. The van der Waals surface area contributed by atoms with Gasteiger partial charge in [0.05, 0.1) is 13.2 Å². The van der Waals surface area contributed by atoms with Crippen LogP contribution in [0.15, 0.2) is 12.2 Å². The number of aliphatic hydroxyl groups is 3. The summed E-state index contributed by atoms with van der Waals surface area (Å²) in [6.45, 7) is 2.60. The molecule has 0 bridgehead atoms. The molecule has 0 amide bonds. The van der Waals surface area contributed by atoms with Crippen molar-refractivity contribution >= 4 is 0 Å². The van der Waals surface area contributed by atoms with Crippen LogP contribution in [0.1, 0.15) is 103 Å². The summed E-state index contributed by atoms with van der Waals surface area (Å²) in [6, 6.07) is 0. The standard InChI is InChI=1S/C25H48O5/c1-2-3-4-5-6-7-8-9-10-11-12-13-14-15-16-17-18-19-29-25-22(27)21-30-23(20-26)24(25)28/h4-5,22-28H,2-3,6-21H2,1H3/b5-4+/t22-,23+,24+,25+/m1/s1. The van der Waals surface area contributed by atoms with Crippen LogP contribution in [0.4, 0.5) is 0 Å². The van der Waals surface area contributed by atoms with Gasteiger partial charge in [-0.25, -0.2) is 0 Å². The molecule has 5 heteroatoms. The summed E-state index contributed by atoms with van der Waals surface area (Å²) < 4.78 is 10.9. The van der Waals surface area contributed by atoms with Gasteiger partial charge in [0.15, 0.2) is 0 Å². The van der Waals surface area contributed by atoms with Crippen LogP contribution in [0, 0.1) is 0 Å². The Hall–Kier alpha value is -0.460. The van der Waals surface area contributed by atoms with E-state index in [1.165, 1.54) is 83.5 Å². The maximum atomic E-state index is 10.1. The van der Waals surface area contributed by atoms with Gasteiger partial charge in [-0.1, -0.05) is 89.7 Å². The van der Waals surface area contributed by atoms with E-state index in [1.54, 1.807) is 0 Å². The fourth-order valence-corrected chi connectivity index (χ4v) is 3.98. The first kappa shape index (κ1) is 27.6. The summed E-state index contributed by atoms with van der Waals surface area (Å²) in [5.74, 6) is 0. The van der Waals surface area contributed by atoms with Crippen molar-refractivity contribution < 1.29 is 24.8 Å². The van der Waals surface area contributed by atoms with E-state index in [1.807, 2.05) is 0 Å². The average molecular weight is 429 g/mol. The molecule has 0 saturated carbocycles. The van der Waals surface area contributed by atoms with Crippen molar-refractivity contribution in [1.82, 2.24) is 0 Å². The highest BCUT2D eigenvalue weighted by molar-refractivity contribution is 4.87. The fourth-order valence-electron chi connectivity index (χ4n) is 3.98. The SMILES string of the molecule is CCC/C=C/CCCCCCCCCCCCCCO[C@@H]1[C@@H](O)[C@H](CO)OC[C@H]1O. The van der Waals surface area contributed by atoms with Gasteiger partial charge in [-0.15, -0.1) is 0 Å². The lowest BCUT2D eigenvalue weighted by Crippen LogP contribution is -2.55. The molecule has 1 fully saturated rings. The minimum Gasteiger partial charge on any atom is -0.394 e. The van der Waals surface area contributed by atoms with Crippen molar-refractivity contribution in [3.8, 4) is 0 Å². The summed E-state index contributed by atoms with van der Waals surface area (Å²) in [7, 11) is 0. The van der Waals surface area contributed by atoms with Crippen molar-refractivity contribution in [1.29, 1.82) is 0 Å². The van der Waals surface area contributed by atoms with Gasteiger partial charge < -0.3 is 24.8 Å². The molecule has 1 saturated heterocycles. The minimum atomic E-state index is -0.971. The third kappa shape index (κ3) is 13.1. The van der Waals surface area contributed by atoms with Gasteiger partial charge in [0.1, 0.15) is 24.4 Å². The fraction of sp³-hybridized carbons (Fsp3) is 0.920. The Morgan fingerprint density at radius 1 is 0.800 bits per heavy atom. The molecule has 0 aromatic rings. The molecule has 1 aliphatic rings. The Morgan fingerprint density at radius 2 is 1.33 bits per heavy atom. The van der Waals surface area contributed by atoms with Crippen LogP contribution in [0.2, 0.25) is 0 Å². The van der Waals surface area contributed by atoms with E-state index < -0.39 is 24.4 Å². The van der Waals surface area contributed by atoms with E-state index in [0.29, 0.717) is 6.61 Å². The molecule has 1 heterocycles. The van der Waals surface area contributed by atoms with Gasteiger partial charge in [0.25, 0.3) is 0 Å². The maximum absolute atomic E-state index is 10.1. The van der Waals surface area contributed by atoms with Crippen LogP contribution in [0.5, 0.6) is 0 Å². The normalized spacial score (nSPS) is 24.7. The summed E-state index contributed by atoms with van der Waals surface area (Å²) in [6.07, 6.45) is 20.7. The molecule has 3 N–H and O–H groups in total. The molecule has 0 unspecified atom stereocenters. The van der Waals surface area contributed by atoms with Crippen molar-refractivity contribution in [2.24, 2.45) is 0 Å². The third-order valence-corrected chi connectivity index (χ3v) is 5.96. The zero-order valence-electron chi connectivity index (χ0n) is 19.4. The molecule has 0 aromatic heterocycles. The predicted octanol–water partition coefficient (Wildman–Crippen LogP) is 4.91. The maximum Gasteiger partial charge on any atom is 0.114 e. The number of hydrogen-bond donors (Lipinski definition) is 3. The lowest BCUT2D eigenvalue weighted by molar-refractivity contribution is -0.210. The molecule has 0 aromatic carbocycles. The number of unbranched alkanes of at least 4 members (excludes halogenated alkanes) is 13. The van der Waals surface area contributed by atoms with E-state index in [0.717, 1.165) is 12.8 Å². The lowest BCUT2D eigenvalue weighted by atomic mass is 10.0. The van der Waals surface area contributed by atoms with E-state index in [-0.39, 0.29) is 13.2 Å². The molecule has 30 heavy (non-hydrogen) atoms. The summed E-state index contributed by atoms with van der Waals surface area (Å²) in [5.41, 5.74) is 0. The molecule has 5 nitrogen and oxygen atoms in total. The zero-order chi connectivity index (χ0) is 21.9. The van der Waals surface area contributed by atoms with Gasteiger partial charge in [-0.05, 0) is 25.7 Å². The van der Waals surface area contributed by atoms with Gasteiger partial charge in [-0.3, -0.25) is 0 Å².